The monoisotopic (exact) mass is 256 g/mol. The van der Waals surface area contributed by atoms with Crippen LogP contribution in [0.2, 0.25) is 0 Å². The van der Waals surface area contributed by atoms with Crippen molar-refractivity contribution in [1.82, 2.24) is 9.88 Å². The quantitative estimate of drug-likeness (QED) is 0.711. The zero-order valence-corrected chi connectivity index (χ0v) is 10.7. The molecule has 1 atom stereocenters. The van der Waals surface area contributed by atoms with Crippen LogP contribution in [0, 0.1) is 0 Å². The number of anilines is 2. The number of likely N-dealkylation sites (tertiary alicyclic amines) is 1. The zero-order valence-electron chi connectivity index (χ0n) is 9.86. The second-order valence-electron chi connectivity index (χ2n) is 4.46. The van der Waals surface area contributed by atoms with Crippen molar-refractivity contribution in [3.8, 4) is 0 Å². The Labute approximate surface area is 103 Å². The summed E-state index contributed by atoms with van der Waals surface area (Å²) < 4.78 is 0. The lowest BCUT2D eigenvalue weighted by molar-refractivity contribution is 0.0575. The van der Waals surface area contributed by atoms with Gasteiger partial charge in [0.25, 0.3) is 5.91 Å². The minimum Gasteiger partial charge on any atom is -0.388 e. The van der Waals surface area contributed by atoms with Gasteiger partial charge in [-0.15, -0.1) is 0 Å². The molecule has 94 valence electrons. The molecule has 0 radical (unpaired) electrons. The molecule has 0 aliphatic carbocycles. The fraction of sp³-hybridized carbons (Fsp3) is 0.600. The summed E-state index contributed by atoms with van der Waals surface area (Å²) in [6, 6.07) is 0. The molecule has 1 fully saturated rings. The average molecular weight is 256 g/mol. The standard InChI is InChI=1S/C10H16N4O2S/c1-10(16)3-4-14(5-10)8(15)6-7(11)13-9(12-2)17-6/h16H,3-5,11H2,1-2H3,(H,12,13). The number of carbonyl (C=O) groups is 1. The first-order chi connectivity index (χ1) is 7.93. The largest absolute Gasteiger partial charge is 0.388 e. The summed E-state index contributed by atoms with van der Waals surface area (Å²) in [6.07, 6.45) is 0.594. The van der Waals surface area contributed by atoms with Crippen LogP contribution in [0.5, 0.6) is 0 Å². The predicted octanol–water partition coefficient (Wildman–Crippen LogP) is 0.364. The van der Waals surface area contributed by atoms with Crippen LogP contribution in [0.15, 0.2) is 0 Å². The maximum Gasteiger partial charge on any atom is 0.267 e. The Kier molecular flexibility index (Phi) is 2.96. The Bertz CT molecular complexity index is 444. The number of aliphatic hydroxyl groups is 1. The van der Waals surface area contributed by atoms with Crippen molar-refractivity contribution >= 4 is 28.2 Å². The minimum atomic E-state index is -0.791. The van der Waals surface area contributed by atoms with Crippen LogP contribution in [0.25, 0.3) is 0 Å². The zero-order chi connectivity index (χ0) is 12.6. The molecule has 0 spiro atoms. The van der Waals surface area contributed by atoms with Crippen LogP contribution in [-0.4, -0.2) is 46.6 Å². The number of β-amino-alcohol motifs (C(OH)–C–C–N with tert-alkyl or cyclic N) is 1. The fourth-order valence-electron chi connectivity index (χ4n) is 1.85. The number of hydrogen-bond acceptors (Lipinski definition) is 6. The molecule has 4 N–H and O–H groups in total. The summed E-state index contributed by atoms with van der Waals surface area (Å²) in [5.74, 6) is 0.0927. The number of thiazole rings is 1. The van der Waals surface area contributed by atoms with E-state index in [2.05, 4.69) is 10.3 Å². The van der Waals surface area contributed by atoms with Gasteiger partial charge in [-0.3, -0.25) is 4.79 Å². The Morgan fingerprint density at radius 3 is 2.88 bits per heavy atom. The van der Waals surface area contributed by atoms with E-state index in [-0.39, 0.29) is 11.7 Å². The van der Waals surface area contributed by atoms with E-state index in [1.807, 2.05) is 0 Å². The van der Waals surface area contributed by atoms with E-state index in [1.54, 1.807) is 18.9 Å². The van der Waals surface area contributed by atoms with Crippen LogP contribution in [-0.2, 0) is 0 Å². The number of nitrogen functional groups attached to an aromatic ring is 1. The van der Waals surface area contributed by atoms with Crippen molar-refractivity contribution in [3.63, 3.8) is 0 Å². The van der Waals surface area contributed by atoms with Crippen molar-refractivity contribution in [3.05, 3.63) is 4.88 Å². The molecular formula is C10H16N4O2S. The molecule has 1 unspecified atom stereocenters. The first-order valence-corrected chi connectivity index (χ1v) is 6.20. The van der Waals surface area contributed by atoms with Gasteiger partial charge in [-0.1, -0.05) is 11.3 Å². The molecule has 2 heterocycles. The van der Waals surface area contributed by atoms with Crippen molar-refractivity contribution in [2.24, 2.45) is 0 Å². The third-order valence-electron chi connectivity index (χ3n) is 2.80. The summed E-state index contributed by atoms with van der Waals surface area (Å²) in [5.41, 5.74) is 4.91. The SMILES string of the molecule is CNc1nc(N)c(C(=O)N2CCC(C)(O)C2)s1. The fourth-order valence-corrected chi connectivity index (χ4v) is 2.66. The summed E-state index contributed by atoms with van der Waals surface area (Å²) in [4.78, 5) is 18.2. The molecule has 0 aromatic carbocycles. The van der Waals surface area contributed by atoms with Crippen LogP contribution in [0.1, 0.15) is 23.0 Å². The van der Waals surface area contributed by atoms with Crippen LogP contribution in [0.4, 0.5) is 10.9 Å². The topological polar surface area (TPSA) is 91.5 Å². The van der Waals surface area contributed by atoms with Crippen LogP contribution >= 0.6 is 11.3 Å². The van der Waals surface area contributed by atoms with Gasteiger partial charge in [0, 0.05) is 20.1 Å². The van der Waals surface area contributed by atoms with Crippen molar-refractivity contribution < 1.29 is 9.90 Å². The smallest absolute Gasteiger partial charge is 0.267 e. The maximum atomic E-state index is 12.2. The third-order valence-corrected chi connectivity index (χ3v) is 3.88. The van der Waals surface area contributed by atoms with Crippen molar-refractivity contribution in [2.75, 3.05) is 31.2 Å². The van der Waals surface area contributed by atoms with Crippen LogP contribution in [0.3, 0.4) is 0 Å². The lowest BCUT2D eigenvalue weighted by atomic mass is 10.1. The van der Waals surface area contributed by atoms with Crippen LogP contribution < -0.4 is 11.1 Å². The Morgan fingerprint density at radius 2 is 2.41 bits per heavy atom. The summed E-state index contributed by atoms with van der Waals surface area (Å²) in [7, 11) is 1.73. The molecule has 7 heteroatoms. The maximum absolute atomic E-state index is 12.2. The van der Waals surface area contributed by atoms with Gasteiger partial charge in [0.05, 0.1) is 5.60 Å². The van der Waals surface area contributed by atoms with Gasteiger partial charge < -0.3 is 21.1 Å². The molecule has 0 saturated carbocycles. The summed E-state index contributed by atoms with van der Waals surface area (Å²) in [6.45, 7) is 2.63. The van der Waals surface area contributed by atoms with Gasteiger partial charge >= 0.3 is 0 Å². The molecule has 1 aromatic heterocycles. The normalized spacial score (nSPS) is 24.1. The number of nitrogens with zero attached hydrogens (tertiary/aromatic N) is 2. The molecule has 1 amide bonds. The van der Waals surface area contributed by atoms with E-state index in [0.29, 0.717) is 29.5 Å². The first kappa shape index (κ1) is 12.1. The molecule has 1 aromatic rings. The average Bonchev–Trinajstić information content (AvgIpc) is 2.80. The third kappa shape index (κ3) is 2.34. The molecule has 1 aliphatic rings. The van der Waals surface area contributed by atoms with E-state index in [0.717, 1.165) is 0 Å². The molecule has 1 aliphatic heterocycles. The number of nitrogens with two attached hydrogens (primary N) is 1. The first-order valence-electron chi connectivity index (χ1n) is 5.39. The Balaban J connectivity index is 2.17. The number of nitrogens with one attached hydrogen (secondary N) is 1. The molecule has 6 nitrogen and oxygen atoms in total. The second-order valence-corrected chi connectivity index (χ2v) is 5.46. The molecule has 0 bridgehead atoms. The van der Waals surface area contributed by atoms with E-state index in [4.69, 9.17) is 5.73 Å². The predicted molar refractivity (Wildman–Crippen MR) is 67.2 cm³/mol. The highest BCUT2D eigenvalue weighted by molar-refractivity contribution is 7.18. The number of amides is 1. The molecule has 1 saturated heterocycles. The van der Waals surface area contributed by atoms with E-state index in [9.17, 15) is 9.90 Å². The highest BCUT2D eigenvalue weighted by Gasteiger charge is 2.35. The van der Waals surface area contributed by atoms with Gasteiger partial charge in [-0.05, 0) is 13.3 Å². The van der Waals surface area contributed by atoms with Gasteiger partial charge in [-0.25, -0.2) is 4.98 Å². The highest BCUT2D eigenvalue weighted by atomic mass is 32.1. The Morgan fingerprint density at radius 1 is 1.71 bits per heavy atom. The lowest BCUT2D eigenvalue weighted by Gasteiger charge is -2.18. The molecule has 2 rings (SSSR count). The summed E-state index contributed by atoms with van der Waals surface area (Å²) >= 11 is 1.23. The highest BCUT2D eigenvalue weighted by Crippen LogP contribution is 2.29. The number of hydrogen-bond donors (Lipinski definition) is 3. The van der Waals surface area contributed by atoms with Gasteiger partial charge in [-0.2, -0.15) is 0 Å². The lowest BCUT2D eigenvalue weighted by Crippen LogP contribution is -2.33. The van der Waals surface area contributed by atoms with E-state index >= 15 is 0 Å². The Hall–Kier alpha value is -1.34. The number of aromatic nitrogens is 1. The second kappa shape index (κ2) is 4.15. The molecule has 17 heavy (non-hydrogen) atoms. The number of rotatable bonds is 2. The van der Waals surface area contributed by atoms with Gasteiger partial charge in [0.1, 0.15) is 10.7 Å². The minimum absolute atomic E-state index is 0.153. The summed E-state index contributed by atoms with van der Waals surface area (Å²) in [5, 5.41) is 13.3. The van der Waals surface area contributed by atoms with Gasteiger partial charge in [0.2, 0.25) is 0 Å². The number of carbonyl (C=O) groups excluding carboxylic acids is 1. The van der Waals surface area contributed by atoms with Gasteiger partial charge in [0.15, 0.2) is 5.13 Å². The van der Waals surface area contributed by atoms with Crippen molar-refractivity contribution in [1.29, 1.82) is 0 Å². The molecular weight excluding hydrogens is 240 g/mol. The van der Waals surface area contributed by atoms with E-state index in [1.165, 1.54) is 11.3 Å². The van der Waals surface area contributed by atoms with E-state index < -0.39 is 5.60 Å². The van der Waals surface area contributed by atoms with Crippen molar-refractivity contribution in [2.45, 2.75) is 18.9 Å².